The lowest BCUT2D eigenvalue weighted by molar-refractivity contribution is 0.0651. The number of nitrogens with zero attached hydrogens (tertiary/aromatic N) is 4. The van der Waals surface area contributed by atoms with E-state index in [2.05, 4.69) is 61.1 Å². The molecule has 2 aliphatic rings. The van der Waals surface area contributed by atoms with Gasteiger partial charge in [0.2, 0.25) is 0 Å². The van der Waals surface area contributed by atoms with Crippen LogP contribution in [0.2, 0.25) is 0 Å². The minimum atomic E-state index is 0.0819. The smallest absolute Gasteiger partial charge is 0.176 e. The van der Waals surface area contributed by atoms with Gasteiger partial charge in [-0.05, 0) is 74.8 Å². The molecule has 36 heavy (non-hydrogen) atoms. The number of hydrogen-bond acceptors (Lipinski definition) is 6. The fourth-order valence-corrected chi connectivity index (χ4v) is 5.94. The highest BCUT2D eigenvalue weighted by molar-refractivity contribution is 7.82. The summed E-state index contributed by atoms with van der Waals surface area (Å²) in [7, 11) is 0. The van der Waals surface area contributed by atoms with Crippen LogP contribution in [0.4, 0.5) is 0 Å². The summed E-state index contributed by atoms with van der Waals surface area (Å²) in [6.45, 7) is 21.4. The SMILES string of the molecule is CCN1CC(=S)N(CC(C)(C)CCCOCCCOCCC(C)(C)CN2C(=S)CN(CC)C2=S)C1=S. The Labute approximate surface area is 241 Å². The molecule has 2 saturated heterocycles. The Balaban J connectivity index is 1.52. The van der Waals surface area contributed by atoms with Crippen molar-refractivity contribution in [3.63, 3.8) is 0 Å². The molecule has 206 valence electrons. The molecule has 0 radical (unpaired) electrons. The Bertz CT molecular complexity index is 726. The van der Waals surface area contributed by atoms with E-state index in [0.717, 1.165) is 112 Å². The molecule has 0 aromatic carbocycles. The summed E-state index contributed by atoms with van der Waals surface area (Å²) in [6.07, 6.45) is 3.99. The maximum atomic E-state index is 5.89. The Morgan fingerprint density at radius 2 is 1.06 bits per heavy atom. The van der Waals surface area contributed by atoms with Crippen LogP contribution in [-0.4, -0.2) is 105 Å². The van der Waals surface area contributed by atoms with E-state index in [9.17, 15) is 0 Å². The fraction of sp³-hybridized carbons (Fsp3) is 0.846. The van der Waals surface area contributed by atoms with Crippen molar-refractivity contribution in [3.8, 4) is 0 Å². The van der Waals surface area contributed by atoms with E-state index in [4.69, 9.17) is 58.3 Å². The standard InChI is InChI=1S/C26H46N4O2S4/c1-7-27-17-21(33)29(23(27)35)19-25(3,4)11-9-13-31-14-10-15-32-16-12-26(5,6)20-30-22(34)18-28(8-2)24(30)36/h7-20H2,1-6H3. The van der Waals surface area contributed by atoms with Crippen molar-refractivity contribution < 1.29 is 9.47 Å². The van der Waals surface area contributed by atoms with Crippen LogP contribution in [-0.2, 0) is 9.47 Å². The molecule has 0 aliphatic carbocycles. The maximum Gasteiger partial charge on any atom is 0.176 e. The number of likely N-dealkylation sites (N-methyl/N-ethyl adjacent to an activating group) is 2. The van der Waals surface area contributed by atoms with Crippen molar-refractivity contribution >= 4 is 69.1 Å². The second-order valence-corrected chi connectivity index (χ2v) is 13.0. The van der Waals surface area contributed by atoms with Crippen molar-refractivity contribution in [2.24, 2.45) is 10.8 Å². The molecule has 0 spiro atoms. The molecule has 2 aliphatic heterocycles. The molecule has 0 aromatic heterocycles. The highest BCUT2D eigenvalue weighted by atomic mass is 32.1. The van der Waals surface area contributed by atoms with Gasteiger partial charge in [-0.3, -0.25) is 0 Å². The van der Waals surface area contributed by atoms with Crippen LogP contribution in [0.25, 0.3) is 0 Å². The third-order valence-corrected chi connectivity index (χ3v) is 8.49. The predicted molar refractivity (Wildman–Crippen MR) is 166 cm³/mol. The first-order chi connectivity index (χ1) is 16.9. The second kappa shape index (κ2) is 14.6. The summed E-state index contributed by atoms with van der Waals surface area (Å²) < 4.78 is 11.8. The van der Waals surface area contributed by atoms with Gasteiger partial charge in [0.05, 0.1) is 13.1 Å². The summed E-state index contributed by atoms with van der Waals surface area (Å²) in [6, 6.07) is 0. The van der Waals surface area contributed by atoms with Crippen LogP contribution in [0, 0.1) is 10.8 Å². The molecule has 0 N–H and O–H groups in total. The molecule has 10 heteroatoms. The van der Waals surface area contributed by atoms with E-state index < -0.39 is 0 Å². The zero-order valence-electron chi connectivity index (χ0n) is 23.1. The molecular formula is C26H46N4O2S4. The van der Waals surface area contributed by atoms with Gasteiger partial charge in [-0.15, -0.1) is 0 Å². The number of thiocarbonyl (C=S) groups is 4. The van der Waals surface area contributed by atoms with E-state index in [1.54, 1.807) is 0 Å². The Morgan fingerprint density at radius 1 is 0.639 bits per heavy atom. The van der Waals surface area contributed by atoms with Crippen LogP contribution in [0.1, 0.15) is 67.2 Å². The largest absolute Gasteiger partial charge is 0.381 e. The first kappa shape index (κ1) is 31.7. The predicted octanol–water partition coefficient (Wildman–Crippen LogP) is 5.13. The number of ether oxygens (including phenoxy) is 2. The normalized spacial score (nSPS) is 17.4. The van der Waals surface area contributed by atoms with Gasteiger partial charge in [-0.25, -0.2) is 0 Å². The zero-order chi connectivity index (χ0) is 26.9. The quantitative estimate of drug-likeness (QED) is 0.172. The minimum absolute atomic E-state index is 0.0819. The third kappa shape index (κ3) is 9.66. The molecule has 0 amide bonds. The highest BCUT2D eigenvalue weighted by Gasteiger charge is 2.34. The summed E-state index contributed by atoms with van der Waals surface area (Å²) in [5, 5.41) is 1.74. The molecule has 0 atom stereocenters. The molecule has 6 nitrogen and oxygen atoms in total. The summed E-state index contributed by atoms with van der Waals surface area (Å²) in [4.78, 5) is 10.5. The Hall–Kier alpha value is -0.520. The van der Waals surface area contributed by atoms with Gasteiger partial charge < -0.3 is 29.1 Å². The Morgan fingerprint density at radius 3 is 1.50 bits per heavy atom. The highest BCUT2D eigenvalue weighted by Crippen LogP contribution is 2.27. The molecule has 0 unspecified atom stereocenters. The van der Waals surface area contributed by atoms with Gasteiger partial charge in [0.25, 0.3) is 0 Å². The number of hydrogen-bond donors (Lipinski definition) is 0. The summed E-state index contributed by atoms with van der Waals surface area (Å²) in [5.74, 6) is 0. The summed E-state index contributed by atoms with van der Waals surface area (Å²) >= 11 is 22.3. The lowest BCUT2D eigenvalue weighted by Gasteiger charge is -2.31. The third-order valence-electron chi connectivity index (χ3n) is 6.84. The van der Waals surface area contributed by atoms with Crippen LogP contribution in [0.15, 0.2) is 0 Å². The van der Waals surface area contributed by atoms with Gasteiger partial charge in [-0.2, -0.15) is 0 Å². The maximum absolute atomic E-state index is 5.89. The van der Waals surface area contributed by atoms with Gasteiger partial charge in [0.1, 0.15) is 9.98 Å². The van der Waals surface area contributed by atoms with Gasteiger partial charge in [-0.1, -0.05) is 52.1 Å². The van der Waals surface area contributed by atoms with Crippen molar-refractivity contribution in [3.05, 3.63) is 0 Å². The van der Waals surface area contributed by atoms with E-state index in [0.29, 0.717) is 0 Å². The van der Waals surface area contributed by atoms with Crippen molar-refractivity contribution in [1.29, 1.82) is 0 Å². The average Bonchev–Trinajstić information content (AvgIpc) is 3.23. The Kier molecular flexibility index (Phi) is 12.8. The van der Waals surface area contributed by atoms with Crippen LogP contribution >= 0.6 is 48.9 Å². The van der Waals surface area contributed by atoms with Crippen molar-refractivity contribution in [2.45, 2.75) is 67.2 Å². The van der Waals surface area contributed by atoms with E-state index in [1.165, 1.54) is 0 Å². The van der Waals surface area contributed by atoms with Gasteiger partial charge in [0, 0.05) is 52.6 Å². The first-order valence-corrected chi connectivity index (χ1v) is 14.9. The zero-order valence-corrected chi connectivity index (χ0v) is 26.4. The van der Waals surface area contributed by atoms with Crippen LogP contribution in [0.5, 0.6) is 0 Å². The summed E-state index contributed by atoms with van der Waals surface area (Å²) in [5.41, 5.74) is 0.215. The average molecular weight is 575 g/mol. The molecule has 0 aromatic rings. The van der Waals surface area contributed by atoms with Crippen LogP contribution in [0.3, 0.4) is 0 Å². The van der Waals surface area contributed by atoms with Crippen molar-refractivity contribution in [1.82, 2.24) is 19.6 Å². The molecule has 2 fully saturated rings. The number of rotatable bonds is 17. The molecular weight excluding hydrogens is 529 g/mol. The van der Waals surface area contributed by atoms with Crippen molar-refractivity contribution in [2.75, 3.05) is 65.7 Å². The molecule has 0 saturated carbocycles. The fourth-order valence-electron chi connectivity index (χ4n) is 4.48. The van der Waals surface area contributed by atoms with Gasteiger partial charge in [0.15, 0.2) is 10.2 Å². The lowest BCUT2D eigenvalue weighted by Crippen LogP contribution is -2.39. The van der Waals surface area contributed by atoms with Gasteiger partial charge >= 0.3 is 0 Å². The second-order valence-electron chi connectivity index (χ2n) is 11.3. The first-order valence-electron chi connectivity index (χ1n) is 13.2. The molecule has 0 bridgehead atoms. The van der Waals surface area contributed by atoms with Crippen LogP contribution < -0.4 is 0 Å². The monoisotopic (exact) mass is 574 g/mol. The molecule has 2 heterocycles. The minimum Gasteiger partial charge on any atom is -0.381 e. The van der Waals surface area contributed by atoms with E-state index in [-0.39, 0.29) is 10.8 Å². The topological polar surface area (TPSA) is 31.4 Å². The lowest BCUT2D eigenvalue weighted by atomic mass is 9.87. The van der Waals surface area contributed by atoms with E-state index >= 15 is 0 Å². The van der Waals surface area contributed by atoms with E-state index in [1.807, 2.05) is 0 Å². The molecule has 2 rings (SSSR count).